The Bertz CT molecular complexity index is 139. The topological polar surface area (TPSA) is 49.3 Å². The minimum absolute atomic E-state index is 0.0221. The van der Waals surface area contributed by atoms with E-state index in [9.17, 15) is 4.79 Å². The lowest BCUT2D eigenvalue weighted by Gasteiger charge is -2.19. The van der Waals surface area contributed by atoms with Crippen LogP contribution in [0.25, 0.3) is 0 Å². The smallest absolute Gasteiger partial charge is 0.221 e. The molecule has 2 N–H and O–H groups in total. The molecule has 0 aromatic rings. The molecule has 3 nitrogen and oxygen atoms in total. The molecule has 0 unspecified atom stereocenters. The first-order chi connectivity index (χ1) is 5.61. The quantitative estimate of drug-likeness (QED) is 0.634. The van der Waals surface area contributed by atoms with Crippen LogP contribution in [-0.2, 0) is 4.79 Å². The molecule has 12 heavy (non-hydrogen) atoms. The van der Waals surface area contributed by atoms with Crippen LogP contribution in [0.3, 0.4) is 0 Å². The first-order valence-electron chi connectivity index (χ1n) is 4.08. The largest absolute Gasteiger partial charge is 0.394 e. The molecular formula is C8H16ClNO2. The van der Waals surface area contributed by atoms with E-state index in [2.05, 4.69) is 5.32 Å². The molecule has 0 radical (unpaired) electrons. The fourth-order valence-electron chi connectivity index (χ4n) is 0.788. The molecule has 0 rings (SSSR count). The van der Waals surface area contributed by atoms with Crippen molar-refractivity contribution < 1.29 is 9.90 Å². The van der Waals surface area contributed by atoms with Gasteiger partial charge in [0.2, 0.25) is 5.91 Å². The number of hydrogen-bond donors (Lipinski definition) is 2. The van der Waals surface area contributed by atoms with Gasteiger partial charge in [0.25, 0.3) is 0 Å². The van der Waals surface area contributed by atoms with E-state index in [0.29, 0.717) is 12.3 Å². The van der Waals surface area contributed by atoms with Crippen LogP contribution in [0.2, 0.25) is 0 Å². The number of carbonyl (C=O) groups excluding carboxylic acids is 1. The van der Waals surface area contributed by atoms with Crippen LogP contribution >= 0.6 is 11.6 Å². The second-order valence-corrected chi connectivity index (χ2v) is 3.42. The minimum atomic E-state index is -0.152. The fourth-order valence-corrected chi connectivity index (χ4v) is 0.960. The molecule has 1 amide bonds. The normalized spacial score (nSPS) is 13.1. The molecule has 0 aliphatic rings. The van der Waals surface area contributed by atoms with E-state index >= 15 is 0 Å². The van der Waals surface area contributed by atoms with E-state index in [4.69, 9.17) is 16.7 Å². The molecule has 0 aliphatic carbocycles. The Morgan fingerprint density at radius 1 is 1.58 bits per heavy atom. The maximum absolute atomic E-state index is 11.0. The summed E-state index contributed by atoms with van der Waals surface area (Å²) in [4.78, 5) is 11.0. The monoisotopic (exact) mass is 193 g/mol. The van der Waals surface area contributed by atoms with Gasteiger partial charge in [-0.25, -0.2) is 0 Å². The maximum Gasteiger partial charge on any atom is 0.221 e. The van der Waals surface area contributed by atoms with Gasteiger partial charge in [-0.2, -0.15) is 0 Å². The predicted octanol–water partition coefficient (Wildman–Crippen LogP) is 0.748. The zero-order valence-corrected chi connectivity index (χ0v) is 8.27. The average molecular weight is 194 g/mol. The molecule has 4 heteroatoms. The number of hydrogen-bond acceptors (Lipinski definition) is 2. The van der Waals surface area contributed by atoms with Crippen molar-refractivity contribution in [1.29, 1.82) is 0 Å². The molecule has 72 valence electrons. The van der Waals surface area contributed by atoms with Crippen molar-refractivity contribution in [3.8, 4) is 0 Å². The number of aliphatic hydroxyl groups is 1. The molecule has 1 atom stereocenters. The highest BCUT2D eigenvalue weighted by Crippen LogP contribution is 2.00. The number of carbonyl (C=O) groups is 1. The summed E-state index contributed by atoms with van der Waals surface area (Å²) in [5.74, 6) is 0.467. The Morgan fingerprint density at radius 2 is 2.17 bits per heavy atom. The summed E-state index contributed by atoms with van der Waals surface area (Å²) in [6.45, 7) is 3.87. The number of amides is 1. The number of halogens is 1. The Labute approximate surface area is 78.1 Å². The molecule has 0 saturated heterocycles. The molecule has 0 spiro atoms. The summed E-state index contributed by atoms with van der Waals surface area (Å²) in [7, 11) is 0. The van der Waals surface area contributed by atoms with Crippen molar-refractivity contribution in [3.05, 3.63) is 0 Å². The van der Waals surface area contributed by atoms with E-state index in [0.717, 1.165) is 0 Å². The van der Waals surface area contributed by atoms with Crippen LogP contribution in [0, 0.1) is 5.92 Å². The average Bonchev–Trinajstić information content (AvgIpc) is 2.00. The Kier molecular flexibility index (Phi) is 6.11. The van der Waals surface area contributed by atoms with Crippen molar-refractivity contribution >= 4 is 17.5 Å². The summed E-state index contributed by atoms with van der Waals surface area (Å²) in [6, 6.07) is -0.152. The number of aliphatic hydroxyl groups excluding tert-OH is 1. The number of rotatable bonds is 5. The summed E-state index contributed by atoms with van der Waals surface area (Å²) in [5, 5.41) is 11.6. The van der Waals surface area contributed by atoms with Gasteiger partial charge in [0.1, 0.15) is 0 Å². The van der Waals surface area contributed by atoms with Crippen LogP contribution in [-0.4, -0.2) is 29.5 Å². The highest BCUT2D eigenvalue weighted by molar-refractivity contribution is 6.18. The molecule has 0 aliphatic heterocycles. The van der Waals surface area contributed by atoms with Gasteiger partial charge in [-0.3, -0.25) is 4.79 Å². The lowest BCUT2D eigenvalue weighted by molar-refractivity contribution is -0.122. The molecule has 0 heterocycles. The third-order valence-corrected chi connectivity index (χ3v) is 1.86. The van der Waals surface area contributed by atoms with Gasteiger partial charge in [0, 0.05) is 12.3 Å². The van der Waals surface area contributed by atoms with Crippen LogP contribution in [0.4, 0.5) is 0 Å². The van der Waals surface area contributed by atoms with Gasteiger partial charge in [-0.15, -0.1) is 11.6 Å². The third kappa shape index (κ3) is 4.57. The number of nitrogens with one attached hydrogen (secondary N) is 1. The van der Waals surface area contributed by atoms with Crippen LogP contribution in [0.5, 0.6) is 0 Å². The summed E-state index contributed by atoms with van der Waals surface area (Å²) >= 11 is 5.38. The van der Waals surface area contributed by atoms with E-state index in [1.54, 1.807) is 0 Å². The van der Waals surface area contributed by atoms with E-state index in [1.807, 2.05) is 13.8 Å². The molecule has 0 saturated carbocycles. The van der Waals surface area contributed by atoms with Crippen LogP contribution in [0.1, 0.15) is 20.3 Å². The predicted molar refractivity (Wildman–Crippen MR) is 49.2 cm³/mol. The van der Waals surface area contributed by atoms with Crippen molar-refractivity contribution in [2.45, 2.75) is 26.3 Å². The second-order valence-electron chi connectivity index (χ2n) is 3.04. The summed E-state index contributed by atoms with van der Waals surface area (Å²) in [5.41, 5.74) is 0. The summed E-state index contributed by atoms with van der Waals surface area (Å²) in [6.07, 6.45) is 0.310. The zero-order chi connectivity index (χ0) is 9.56. The fraction of sp³-hybridized carbons (Fsp3) is 0.875. The van der Waals surface area contributed by atoms with Gasteiger partial charge < -0.3 is 10.4 Å². The van der Waals surface area contributed by atoms with E-state index in [1.165, 1.54) is 0 Å². The Hall–Kier alpha value is -0.280. The Morgan fingerprint density at radius 3 is 2.50 bits per heavy atom. The summed E-state index contributed by atoms with van der Waals surface area (Å²) < 4.78 is 0. The molecular weight excluding hydrogens is 178 g/mol. The molecule has 0 aromatic carbocycles. The molecule has 0 fully saturated rings. The van der Waals surface area contributed by atoms with Crippen LogP contribution < -0.4 is 5.32 Å². The van der Waals surface area contributed by atoms with Crippen molar-refractivity contribution in [3.63, 3.8) is 0 Å². The maximum atomic E-state index is 11.0. The van der Waals surface area contributed by atoms with Gasteiger partial charge in [0.15, 0.2) is 0 Å². The lowest BCUT2D eigenvalue weighted by Crippen LogP contribution is -2.41. The van der Waals surface area contributed by atoms with Gasteiger partial charge in [0.05, 0.1) is 12.6 Å². The van der Waals surface area contributed by atoms with Gasteiger partial charge in [-0.1, -0.05) is 13.8 Å². The van der Waals surface area contributed by atoms with E-state index in [-0.39, 0.29) is 24.5 Å². The van der Waals surface area contributed by atoms with E-state index < -0.39 is 0 Å². The van der Waals surface area contributed by atoms with Gasteiger partial charge >= 0.3 is 0 Å². The van der Waals surface area contributed by atoms with Crippen LogP contribution in [0.15, 0.2) is 0 Å². The third-order valence-electron chi connectivity index (χ3n) is 1.67. The number of alkyl halides is 1. The van der Waals surface area contributed by atoms with Crippen molar-refractivity contribution in [2.24, 2.45) is 5.92 Å². The standard InChI is InChI=1S/C8H16ClNO2/c1-6(2)7(5-11)10-8(12)3-4-9/h6-7,11H,3-5H2,1-2H3,(H,10,12)/t7-/m1/s1. The highest BCUT2D eigenvalue weighted by atomic mass is 35.5. The zero-order valence-electron chi connectivity index (χ0n) is 7.51. The van der Waals surface area contributed by atoms with Gasteiger partial charge in [-0.05, 0) is 5.92 Å². The Balaban J connectivity index is 3.77. The minimum Gasteiger partial charge on any atom is -0.394 e. The second kappa shape index (κ2) is 6.26. The first kappa shape index (κ1) is 11.7. The molecule has 0 aromatic heterocycles. The van der Waals surface area contributed by atoms with Crippen molar-refractivity contribution in [2.75, 3.05) is 12.5 Å². The first-order valence-corrected chi connectivity index (χ1v) is 4.61. The molecule has 0 bridgehead atoms. The highest BCUT2D eigenvalue weighted by Gasteiger charge is 2.13. The SMILES string of the molecule is CC(C)[C@@H](CO)NC(=O)CCCl. The van der Waals surface area contributed by atoms with Crippen molar-refractivity contribution in [1.82, 2.24) is 5.32 Å². The lowest BCUT2D eigenvalue weighted by atomic mass is 10.1.